The third kappa shape index (κ3) is 5.01. The molecule has 3 aromatic carbocycles. The summed E-state index contributed by atoms with van der Waals surface area (Å²) in [6.07, 6.45) is 0. The van der Waals surface area contributed by atoms with Crippen LogP contribution in [0.2, 0.25) is 0 Å². The SMILES string of the molecule is CCOc1ccc(CNC(=O)c2ccc(Cn3c(=O)c(C)nc4cc(C)c(C)cc43)cc2)cc1. The zero-order valence-corrected chi connectivity index (χ0v) is 20.0. The van der Waals surface area contributed by atoms with Crippen LogP contribution < -0.4 is 15.6 Å². The van der Waals surface area contributed by atoms with E-state index in [0.29, 0.717) is 31.0 Å². The zero-order valence-electron chi connectivity index (χ0n) is 20.0. The minimum Gasteiger partial charge on any atom is -0.494 e. The van der Waals surface area contributed by atoms with Gasteiger partial charge in [0.25, 0.3) is 11.5 Å². The number of benzene rings is 3. The Balaban J connectivity index is 1.48. The van der Waals surface area contributed by atoms with Gasteiger partial charge in [-0.05, 0) is 86.3 Å². The highest BCUT2D eigenvalue weighted by molar-refractivity contribution is 5.94. The number of rotatable bonds is 7. The second-order valence-electron chi connectivity index (χ2n) is 8.47. The van der Waals surface area contributed by atoms with Gasteiger partial charge in [0.1, 0.15) is 11.4 Å². The van der Waals surface area contributed by atoms with E-state index in [1.54, 1.807) is 23.6 Å². The first kappa shape index (κ1) is 23.2. The fraction of sp³-hybridized carbons (Fsp3) is 0.250. The van der Waals surface area contributed by atoms with Crippen LogP contribution >= 0.6 is 0 Å². The van der Waals surface area contributed by atoms with Crippen molar-refractivity contribution in [1.29, 1.82) is 0 Å². The molecule has 1 amide bonds. The highest BCUT2D eigenvalue weighted by Gasteiger charge is 2.11. The molecule has 6 heteroatoms. The summed E-state index contributed by atoms with van der Waals surface area (Å²) in [7, 11) is 0. The van der Waals surface area contributed by atoms with Crippen molar-refractivity contribution in [2.24, 2.45) is 0 Å². The minimum absolute atomic E-state index is 0.104. The van der Waals surface area contributed by atoms with Crippen molar-refractivity contribution in [1.82, 2.24) is 14.9 Å². The van der Waals surface area contributed by atoms with Crippen LogP contribution in [0.3, 0.4) is 0 Å². The fourth-order valence-corrected chi connectivity index (χ4v) is 3.88. The van der Waals surface area contributed by atoms with Crippen molar-refractivity contribution in [3.05, 3.63) is 105 Å². The van der Waals surface area contributed by atoms with Gasteiger partial charge >= 0.3 is 0 Å². The standard InChI is InChI=1S/C28H29N3O3/c1-5-34-24-12-8-21(9-13-24)16-29-27(32)23-10-6-22(7-11-23)17-31-26-15-19(3)18(2)14-25(26)30-20(4)28(31)33/h6-15H,5,16-17H2,1-4H3,(H,29,32). The predicted molar refractivity (Wildman–Crippen MR) is 135 cm³/mol. The van der Waals surface area contributed by atoms with Gasteiger partial charge in [0.05, 0.1) is 24.2 Å². The summed E-state index contributed by atoms with van der Waals surface area (Å²) in [6, 6.07) is 19.1. The van der Waals surface area contributed by atoms with Crippen LogP contribution in [0, 0.1) is 20.8 Å². The van der Waals surface area contributed by atoms with Gasteiger partial charge < -0.3 is 14.6 Å². The van der Waals surface area contributed by atoms with Crippen LogP contribution in [0.25, 0.3) is 11.0 Å². The summed E-state index contributed by atoms with van der Waals surface area (Å²) in [5.74, 6) is 0.670. The van der Waals surface area contributed by atoms with Crippen LogP contribution in [0.4, 0.5) is 0 Å². The van der Waals surface area contributed by atoms with Crippen LogP contribution in [0.1, 0.15) is 45.2 Å². The average molecular weight is 456 g/mol. The lowest BCUT2D eigenvalue weighted by Crippen LogP contribution is -2.25. The lowest BCUT2D eigenvalue weighted by Gasteiger charge is -2.13. The Hall–Kier alpha value is -3.93. The molecule has 1 N–H and O–H groups in total. The molecule has 0 saturated carbocycles. The second kappa shape index (κ2) is 9.91. The number of ether oxygens (including phenoxy) is 1. The number of carbonyl (C=O) groups is 1. The molecule has 0 aliphatic rings. The van der Waals surface area contributed by atoms with Gasteiger partial charge in [-0.25, -0.2) is 4.98 Å². The third-order valence-corrected chi connectivity index (χ3v) is 5.97. The Labute approximate surface area is 199 Å². The van der Waals surface area contributed by atoms with Crippen molar-refractivity contribution >= 4 is 16.9 Å². The number of aryl methyl sites for hydroxylation is 3. The number of hydrogen-bond acceptors (Lipinski definition) is 4. The first-order valence-electron chi connectivity index (χ1n) is 11.4. The molecule has 0 aliphatic carbocycles. The first-order valence-corrected chi connectivity index (χ1v) is 11.4. The molecule has 0 spiro atoms. The van der Waals surface area contributed by atoms with Gasteiger partial charge in [0.2, 0.25) is 0 Å². The molecular weight excluding hydrogens is 426 g/mol. The third-order valence-electron chi connectivity index (χ3n) is 5.97. The molecule has 34 heavy (non-hydrogen) atoms. The molecule has 0 atom stereocenters. The lowest BCUT2D eigenvalue weighted by molar-refractivity contribution is 0.0951. The van der Waals surface area contributed by atoms with E-state index in [2.05, 4.69) is 10.3 Å². The number of nitrogens with zero attached hydrogens (tertiary/aromatic N) is 2. The van der Waals surface area contributed by atoms with Crippen molar-refractivity contribution in [3.8, 4) is 5.75 Å². The van der Waals surface area contributed by atoms with Crippen LogP contribution in [-0.2, 0) is 13.1 Å². The highest BCUT2D eigenvalue weighted by atomic mass is 16.5. The van der Waals surface area contributed by atoms with E-state index in [1.807, 2.05) is 69.3 Å². The van der Waals surface area contributed by atoms with E-state index in [4.69, 9.17) is 4.74 Å². The summed E-state index contributed by atoms with van der Waals surface area (Å²) < 4.78 is 7.20. The minimum atomic E-state index is -0.145. The van der Waals surface area contributed by atoms with Crippen molar-refractivity contribution in [2.45, 2.75) is 40.8 Å². The molecule has 1 aromatic heterocycles. The summed E-state index contributed by atoms with van der Waals surface area (Å²) in [5.41, 5.74) is 6.77. The Morgan fingerprint density at radius 1 is 0.941 bits per heavy atom. The fourth-order valence-electron chi connectivity index (χ4n) is 3.88. The molecular formula is C28H29N3O3. The summed E-state index contributed by atoms with van der Waals surface area (Å²) in [5, 5.41) is 2.94. The molecule has 0 fully saturated rings. The van der Waals surface area contributed by atoms with Crippen molar-refractivity contribution < 1.29 is 9.53 Å². The molecule has 4 rings (SSSR count). The Morgan fingerprint density at radius 3 is 2.26 bits per heavy atom. The monoisotopic (exact) mass is 455 g/mol. The molecule has 4 aromatic rings. The summed E-state index contributed by atoms with van der Waals surface area (Å²) in [6.45, 7) is 9.23. The van der Waals surface area contributed by atoms with Gasteiger partial charge in [-0.3, -0.25) is 9.59 Å². The number of carbonyl (C=O) groups excluding carboxylic acids is 1. The highest BCUT2D eigenvalue weighted by Crippen LogP contribution is 2.18. The van der Waals surface area contributed by atoms with Gasteiger partial charge in [-0.15, -0.1) is 0 Å². The number of amides is 1. The second-order valence-corrected chi connectivity index (χ2v) is 8.47. The largest absolute Gasteiger partial charge is 0.494 e. The van der Waals surface area contributed by atoms with E-state index in [-0.39, 0.29) is 11.5 Å². The molecule has 0 saturated heterocycles. The summed E-state index contributed by atoms with van der Waals surface area (Å²) >= 11 is 0. The van der Waals surface area contributed by atoms with Crippen molar-refractivity contribution in [2.75, 3.05) is 6.61 Å². The van der Waals surface area contributed by atoms with Gasteiger partial charge in [-0.2, -0.15) is 0 Å². The van der Waals surface area contributed by atoms with Crippen LogP contribution in [-0.4, -0.2) is 22.1 Å². The molecule has 0 bridgehead atoms. The maximum absolute atomic E-state index is 12.9. The maximum atomic E-state index is 12.9. The summed E-state index contributed by atoms with van der Waals surface area (Å²) in [4.78, 5) is 29.9. The molecule has 6 nitrogen and oxygen atoms in total. The van der Waals surface area contributed by atoms with E-state index in [1.165, 1.54) is 0 Å². The molecule has 0 aliphatic heterocycles. The van der Waals surface area contributed by atoms with E-state index >= 15 is 0 Å². The molecule has 174 valence electrons. The van der Waals surface area contributed by atoms with Crippen LogP contribution in [0.5, 0.6) is 5.75 Å². The van der Waals surface area contributed by atoms with Gasteiger partial charge in [0.15, 0.2) is 0 Å². The number of aromatic nitrogens is 2. The topological polar surface area (TPSA) is 73.2 Å². The Bertz CT molecular complexity index is 1390. The van der Waals surface area contributed by atoms with Gasteiger partial charge in [-0.1, -0.05) is 24.3 Å². The average Bonchev–Trinajstić information content (AvgIpc) is 2.83. The Kier molecular flexibility index (Phi) is 6.77. The van der Waals surface area contributed by atoms with E-state index in [0.717, 1.165) is 39.0 Å². The van der Waals surface area contributed by atoms with Crippen molar-refractivity contribution in [3.63, 3.8) is 0 Å². The quantitative estimate of drug-likeness (QED) is 0.438. The molecule has 1 heterocycles. The van der Waals surface area contributed by atoms with Crippen LogP contribution in [0.15, 0.2) is 65.5 Å². The zero-order chi connectivity index (χ0) is 24.2. The van der Waals surface area contributed by atoms with E-state index < -0.39 is 0 Å². The number of hydrogen-bond donors (Lipinski definition) is 1. The normalized spacial score (nSPS) is 10.9. The predicted octanol–water partition coefficient (Wildman–Crippen LogP) is 4.70. The van der Waals surface area contributed by atoms with E-state index in [9.17, 15) is 9.59 Å². The number of nitrogens with one attached hydrogen (secondary N) is 1. The number of fused-ring (bicyclic) bond motifs is 1. The van der Waals surface area contributed by atoms with Gasteiger partial charge in [0, 0.05) is 12.1 Å². The molecule has 0 radical (unpaired) electrons. The lowest BCUT2D eigenvalue weighted by atomic mass is 10.1. The smallest absolute Gasteiger partial charge is 0.272 e. The Morgan fingerprint density at radius 2 is 1.59 bits per heavy atom. The molecule has 0 unspecified atom stereocenters. The first-order chi connectivity index (χ1) is 16.4. The maximum Gasteiger partial charge on any atom is 0.272 e.